The van der Waals surface area contributed by atoms with Gasteiger partial charge in [-0.05, 0) is 48.6 Å². The van der Waals surface area contributed by atoms with E-state index in [4.69, 9.17) is 5.26 Å². The largest absolute Gasteiger partial charge is 0.316 e. The van der Waals surface area contributed by atoms with Crippen LogP contribution < -0.4 is 5.32 Å². The summed E-state index contributed by atoms with van der Waals surface area (Å²) in [4.78, 5) is 0. The molecule has 2 rings (SSSR count). The molecule has 1 heterocycles. The highest BCUT2D eigenvalue weighted by Crippen LogP contribution is 2.25. The zero-order valence-corrected chi connectivity index (χ0v) is 9.09. The van der Waals surface area contributed by atoms with Crippen LogP contribution in [0.5, 0.6) is 0 Å². The molecule has 1 aromatic rings. The van der Waals surface area contributed by atoms with Gasteiger partial charge >= 0.3 is 0 Å². The Morgan fingerprint density at radius 2 is 2.40 bits per heavy atom. The molecule has 1 atom stereocenters. The van der Waals surface area contributed by atoms with E-state index in [0.29, 0.717) is 5.92 Å². The van der Waals surface area contributed by atoms with E-state index in [1.54, 1.807) is 0 Å². The number of rotatable bonds is 1. The molecule has 0 bridgehead atoms. The van der Waals surface area contributed by atoms with E-state index >= 15 is 0 Å². The minimum absolute atomic E-state index is 0.607. The van der Waals surface area contributed by atoms with Crippen LogP contribution >= 0.6 is 0 Å². The van der Waals surface area contributed by atoms with E-state index < -0.39 is 0 Å². The van der Waals surface area contributed by atoms with Crippen LogP contribution in [0, 0.1) is 11.3 Å². The third-order valence-electron chi connectivity index (χ3n) is 3.17. The molecule has 0 radical (unpaired) electrons. The summed E-state index contributed by atoms with van der Waals surface area (Å²) in [6, 6.07) is 8.33. The van der Waals surface area contributed by atoms with Gasteiger partial charge in [-0.25, -0.2) is 0 Å². The Labute approximate surface area is 90.9 Å². The lowest BCUT2D eigenvalue weighted by molar-refractivity contribution is 0.595. The van der Waals surface area contributed by atoms with Gasteiger partial charge in [0.25, 0.3) is 0 Å². The Morgan fingerprint density at radius 1 is 1.53 bits per heavy atom. The summed E-state index contributed by atoms with van der Waals surface area (Å²) in [5.74, 6) is 0.607. The number of hydrogen-bond acceptors (Lipinski definition) is 2. The van der Waals surface area contributed by atoms with Gasteiger partial charge < -0.3 is 5.32 Å². The molecule has 0 amide bonds. The molecule has 2 nitrogen and oxygen atoms in total. The van der Waals surface area contributed by atoms with Gasteiger partial charge in [0.15, 0.2) is 0 Å². The third kappa shape index (κ3) is 2.03. The van der Waals surface area contributed by atoms with Crippen LogP contribution in [0.3, 0.4) is 0 Å². The maximum atomic E-state index is 8.87. The van der Waals surface area contributed by atoms with Crippen LogP contribution in [-0.2, 0) is 6.42 Å². The van der Waals surface area contributed by atoms with Gasteiger partial charge in [0.2, 0.25) is 0 Å². The first-order valence-corrected chi connectivity index (χ1v) is 5.58. The van der Waals surface area contributed by atoms with Gasteiger partial charge in [-0.1, -0.05) is 13.0 Å². The molecule has 78 valence electrons. The monoisotopic (exact) mass is 200 g/mol. The Hall–Kier alpha value is -1.33. The van der Waals surface area contributed by atoms with Crippen molar-refractivity contribution in [1.29, 1.82) is 5.26 Å². The van der Waals surface area contributed by atoms with E-state index in [1.807, 2.05) is 12.1 Å². The van der Waals surface area contributed by atoms with Gasteiger partial charge in [0.1, 0.15) is 0 Å². The van der Waals surface area contributed by atoms with Crippen molar-refractivity contribution in [3.05, 3.63) is 34.9 Å². The molecule has 0 spiro atoms. The molecule has 2 heteroatoms. The Bertz CT molecular complexity index is 390. The molecule has 0 aliphatic carbocycles. The molecule has 0 fully saturated rings. The minimum atomic E-state index is 0.607. The summed E-state index contributed by atoms with van der Waals surface area (Å²) in [5.41, 5.74) is 3.57. The summed E-state index contributed by atoms with van der Waals surface area (Å²) in [6.45, 7) is 4.31. The third-order valence-corrected chi connectivity index (χ3v) is 3.17. The zero-order chi connectivity index (χ0) is 10.7. The first-order valence-electron chi connectivity index (χ1n) is 5.58. The maximum absolute atomic E-state index is 8.87. The lowest BCUT2D eigenvalue weighted by Gasteiger charge is -2.15. The normalized spacial score (nSPS) is 20.1. The van der Waals surface area contributed by atoms with Crippen molar-refractivity contribution in [3.8, 4) is 6.07 Å². The van der Waals surface area contributed by atoms with Crippen molar-refractivity contribution >= 4 is 0 Å². The predicted molar refractivity (Wildman–Crippen MR) is 60.8 cm³/mol. The number of nitriles is 1. The summed E-state index contributed by atoms with van der Waals surface area (Å²) in [7, 11) is 0. The second-order valence-corrected chi connectivity index (χ2v) is 4.08. The number of nitrogens with zero attached hydrogens (tertiary/aromatic N) is 1. The van der Waals surface area contributed by atoms with Crippen molar-refractivity contribution in [2.75, 3.05) is 13.1 Å². The topological polar surface area (TPSA) is 35.8 Å². The lowest BCUT2D eigenvalue weighted by Crippen LogP contribution is -2.19. The summed E-state index contributed by atoms with van der Waals surface area (Å²) >= 11 is 0. The smallest absolute Gasteiger partial charge is 0.0991 e. The highest BCUT2D eigenvalue weighted by molar-refractivity contribution is 5.40. The van der Waals surface area contributed by atoms with Crippen LogP contribution in [0.15, 0.2) is 18.2 Å². The molecule has 0 aromatic heterocycles. The molecule has 15 heavy (non-hydrogen) atoms. The van der Waals surface area contributed by atoms with Crippen molar-refractivity contribution in [2.24, 2.45) is 0 Å². The van der Waals surface area contributed by atoms with Crippen LogP contribution in [-0.4, -0.2) is 13.1 Å². The Morgan fingerprint density at radius 3 is 3.13 bits per heavy atom. The molecule has 1 aliphatic rings. The fourth-order valence-electron chi connectivity index (χ4n) is 2.26. The molecule has 1 aliphatic heterocycles. The van der Waals surface area contributed by atoms with E-state index in [-0.39, 0.29) is 0 Å². The van der Waals surface area contributed by atoms with Crippen LogP contribution in [0.2, 0.25) is 0 Å². The minimum Gasteiger partial charge on any atom is -0.316 e. The van der Waals surface area contributed by atoms with Crippen LogP contribution in [0.25, 0.3) is 0 Å². The lowest BCUT2D eigenvalue weighted by atomic mass is 9.91. The van der Waals surface area contributed by atoms with Gasteiger partial charge in [0.05, 0.1) is 11.6 Å². The molecule has 1 aromatic carbocycles. The molecular formula is C13H16N2. The van der Waals surface area contributed by atoms with Gasteiger partial charge in [-0.3, -0.25) is 0 Å². The Kier molecular flexibility index (Phi) is 3.03. The maximum Gasteiger partial charge on any atom is 0.0991 e. The van der Waals surface area contributed by atoms with E-state index in [0.717, 1.165) is 31.5 Å². The SMILES string of the molecule is CCC1CNCCc2cc(C#N)ccc21. The number of hydrogen-bond donors (Lipinski definition) is 1. The standard InChI is InChI=1S/C13H16N2/c1-2-11-9-15-6-5-12-7-10(8-14)3-4-13(11)12/h3-4,7,11,15H,2,5-6,9H2,1H3. The average molecular weight is 200 g/mol. The number of benzene rings is 1. The fraction of sp³-hybridized carbons (Fsp3) is 0.462. The predicted octanol–water partition coefficient (Wildman–Crippen LogP) is 2.20. The average Bonchev–Trinajstić information content (AvgIpc) is 2.49. The Balaban J connectivity index is 2.42. The van der Waals surface area contributed by atoms with Crippen molar-refractivity contribution in [3.63, 3.8) is 0 Å². The summed E-state index contributed by atoms with van der Waals surface area (Å²) < 4.78 is 0. The van der Waals surface area contributed by atoms with Crippen LogP contribution in [0.1, 0.15) is 36.0 Å². The number of nitrogens with one attached hydrogen (secondary N) is 1. The summed E-state index contributed by atoms with van der Waals surface area (Å²) in [6.07, 6.45) is 2.20. The van der Waals surface area contributed by atoms with Crippen molar-refractivity contribution in [2.45, 2.75) is 25.7 Å². The second kappa shape index (κ2) is 4.46. The number of fused-ring (bicyclic) bond motifs is 1. The molecule has 1 unspecified atom stereocenters. The highest BCUT2D eigenvalue weighted by Gasteiger charge is 2.16. The molecular weight excluding hydrogens is 184 g/mol. The highest BCUT2D eigenvalue weighted by atomic mass is 14.9. The molecule has 1 N–H and O–H groups in total. The molecule has 0 saturated heterocycles. The van der Waals surface area contributed by atoms with Gasteiger partial charge in [-0.2, -0.15) is 5.26 Å². The van der Waals surface area contributed by atoms with Gasteiger partial charge in [0, 0.05) is 6.54 Å². The van der Waals surface area contributed by atoms with Crippen molar-refractivity contribution < 1.29 is 0 Å². The van der Waals surface area contributed by atoms with Crippen LogP contribution in [0.4, 0.5) is 0 Å². The van der Waals surface area contributed by atoms with E-state index in [2.05, 4.69) is 24.4 Å². The first-order chi connectivity index (χ1) is 7.35. The van der Waals surface area contributed by atoms with E-state index in [1.165, 1.54) is 11.1 Å². The quantitative estimate of drug-likeness (QED) is 0.754. The zero-order valence-electron chi connectivity index (χ0n) is 9.09. The fourth-order valence-corrected chi connectivity index (χ4v) is 2.26. The van der Waals surface area contributed by atoms with Crippen molar-refractivity contribution in [1.82, 2.24) is 5.32 Å². The summed E-state index contributed by atoms with van der Waals surface area (Å²) in [5, 5.41) is 12.3. The molecule has 0 saturated carbocycles. The van der Waals surface area contributed by atoms with Gasteiger partial charge in [-0.15, -0.1) is 0 Å². The first kappa shape index (κ1) is 10.2. The second-order valence-electron chi connectivity index (χ2n) is 4.08. The van der Waals surface area contributed by atoms with E-state index in [9.17, 15) is 0 Å².